The van der Waals surface area contributed by atoms with E-state index < -0.39 is 5.41 Å². The molecule has 5 aliphatic carbocycles. The number of hydrogen-bond acceptors (Lipinski definition) is 4. The van der Waals surface area contributed by atoms with Gasteiger partial charge in [-0.1, -0.05) is 20.3 Å². The molecule has 0 radical (unpaired) electrons. The third-order valence-electron chi connectivity index (χ3n) is 8.55. The van der Waals surface area contributed by atoms with E-state index in [1.54, 1.807) is 11.1 Å². The molecule has 0 spiro atoms. The lowest BCUT2D eigenvalue weighted by Crippen LogP contribution is -2.54. The predicted molar refractivity (Wildman–Crippen MR) is 118 cm³/mol. The Morgan fingerprint density at radius 2 is 1.61 bits per heavy atom. The SMILES string of the molecule is CC(C)C[C@@]1(C(=O)OC2CCCCC2)C=CN(C(=O)OC23CC4CC(CC(C4)C2)C3)C1. The van der Waals surface area contributed by atoms with Gasteiger partial charge in [-0.05, 0) is 100 Å². The van der Waals surface area contributed by atoms with E-state index in [1.807, 2.05) is 6.08 Å². The summed E-state index contributed by atoms with van der Waals surface area (Å²) >= 11 is 0. The molecule has 5 nitrogen and oxygen atoms in total. The molecule has 0 saturated heterocycles. The van der Waals surface area contributed by atoms with E-state index in [2.05, 4.69) is 13.8 Å². The Morgan fingerprint density at radius 1 is 1.00 bits per heavy atom. The summed E-state index contributed by atoms with van der Waals surface area (Å²) in [5, 5.41) is 0. The maximum absolute atomic E-state index is 13.3. The average Bonchev–Trinajstić information content (AvgIpc) is 3.12. The van der Waals surface area contributed by atoms with Crippen LogP contribution in [0.2, 0.25) is 0 Å². The highest BCUT2D eigenvalue weighted by molar-refractivity contribution is 5.82. The zero-order valence-corrected chi connectivity index (χ0v) is 19.3. The van der Waals surface area contributed by atoms with Gasteiger partial charge in [-0.2, -0.15) is 0 Å². The van der Waals surface area contributed by atoms with Crippen LogP contribution in [0.1, 0.15) is 90.9 Å². The first-order chi connectivity index (χ1) is 14.8. The number of rotatable bonds is 5. The van der Waals surface area contributed by atoms with Crippen molar-refractivity contribution in [3.8, 4) is 0 Å². The highest BCUT2D eigenvalue weighted by Gasteiger charge is 2.54. The van der Waals surface area contributed by atoms with Gasteiger partial charge in [0, 0.05) is 12.7 Å². The van der Waals surface area contributed by atoms with Crippen LogP contribution in [-0.2, 0) is 14.3 Å². The summed E-state index contributed by atoms with van der Waals surface area (Å²) in [6, 6.07) is 0. The first kappa shape index (κ1) is 21.3. The van der Waals surface area contributed by atoms with Crippen molar-refractivity contribution in [3.63, 3.8) is 0 Å². The molecule has 0 aromatic rings. The Kier molecular flexibility index (Phi) is 5.58. The van der Waals surface area contributed by atoms with Crippen LogP contribution in [0.3, 0.4) is 0 Å². The van der Waals surface area contributed by atoms with Gasteiger partial charge in [0.05, 0.1) is 0 Å². The molecule has 1 amide bonds. The molecule has 6 rings (SSSR count). The van der Waals surface area contributed by atoms with E-state index in [9.17, 15) is 9.59 Å². The molecule has 0 aromatic carbocycles. The van der Waals surface area contributed by atoms with E-state index in [1.165, 1.54) is 25.7 Å². The number of carbonyl (C=O) groups is 2. The molecule has 1 heterocycles. The molecule has 1 aliphatic heterocycles. The standard InChI is InChI=1S/C26H39NO4/c1-18(2)13-25(23(28)30-22-6-4-3-5-7-22)8-9-27(17-25)24(29)31-26-14-19-10-20(15-26)12-21(11-19)16-26/h8-9,18-22H,3-7,10-17H2,1-2H3/t19?,20?,21?,25-,26?/m0/s1. The number of hydrogen-bond donors (Lipinski definition) is 0. The Balaban J connectivity index is 1.25. The number of carbonyl (C=O) groups excluding carboxylic acids is 2. The molecule has 5 fully saturated rings. The second-order valence-corrected chi connectivity index (χ2v) is 11.8. The molecule has 6 aliphatic rings. The number of amides is 1. The highest BCUT2D eigenvalue weighted by atomic mass is 16.6. The summed E-state index contributed by atoms with van der Waals surface area (Å²) < 4.78 is 12.2. The largest absolute Gasteiger partial charge is 0.462 e. The van der Waals surface area contributed by atoms with Crippen molar-refractivity contribution in [2.75, 3.05) is 6.54 Å². The fraction of sp³-hybridized carbons (Fsp3) is 0.846. The molecule has 4 bridgehead atoms. The Hall–Kier alpha value is -1.52. The minimum absolute atomic E-state index is 0.0340. The van der Waals surface area contributed by atoms with Gasteiger partial charge < -0.3 is 9.47 Å². The second kappa shape index (κ2) is 8.12. The Morgan fingerprint density at radius 3 is 2.19 bits per heavy atom. The van der Waals surface area contributed by atoms with Crippen molar-refractivity contribution in [2.45, 2.75) is 103 Å². The van der Waals surface area contributed by atoms with E-state index >= 15 is 0 Å². The van der Waals surface area contributed by atoms with Crippen LogP contribution < -0.4 is 0 Å². The number of nitrogens with zero attached hydrogens (tertiary/aromatic N) is 1. The second-order valence-electron chi connectivity index (χ2n) is 11.8. The molecule has 31 heavy (non-hydrogen) atoms. The minimum Gasteiger partial charge on any atom is -0.462 e. The fourth-order valence-corrected chi connectivity index (χ4v) is 7.70. The van der Waals surface area contributed by atoms with E-state index in [0.717, 1.165) is 62.7 Å². The number of esters is 1. The van der Waals surface area contributed by atoms with E-state index in [0.29, 0.717) is 18.9 Å². The molecule has 5 saturated carbocycles. The van der Waals surface area contributed by atoms with Gasteiger partial charge >= 0.3 is 12.1 Å². The summed E-state index contributed by atoms with van der Waals surface area (Å²) in [4.78, 5) is 28.2. The molecular formula is C26H39NO4. The van der Waals surface area contributed by atoms with Gasteiger partial charge in [0.2, 0.25) is 0 Å². The van der Waals surface area contributed by atoms with Gasteiger partial charge in [0.15, 0.2) is 0 Å². The molecular weight excluding hydrogens is 390 g/mol. The van der Waals surface area contributed by atoms with Crippen LogP contribution in [0.15, 0.2) is 12.3 Å². The fourth-order valence-electron chi connectivity index (χ4n) is 7.70. The Bertz CT molecular complexity index is 702. The molecule has 1 atom stereocenters. The first-order valence-electron chi connectivity index (χ1n) is 12.7. The summed E-state index contributed by atoms with van der Waals surface area (Å²) in [5.74, 6) is 2.38. The van der Waals surface area contributed by atoms with Gasteiger partial charge in [-0.15, -0.1) is 0 Å². The first-order valence-corrected chi connectivity index (χ1v) is 12.7. The van der Waals surface area contributed by atoms with E-state index in [-0.39, 0.29) is 23.8 Å². The van der Waals surface area contributed by atoms with Gasteiger partial charge in [-0.3, -0.25) is 9.69 Å². The van der Waals surface area contributed by atoms with Crippen LogP contribution in [0.4, 0.5) is 4.79 Å². The Labute approximate surface area is 186 Å². The molecule has 5 heteroatoms. The van der Waals surface area contributed by atoms with Crippen LogP contribution in [0.25, 0.3) is 0 Å². The van der Waals surface area contributed by atoms with Crippen LogP contribution in [0, 0.1) is 29.1 Å². The van der Waals surface area contributed by atoms with Crippen molar-refractivity contribution in [3.05, 3.63) is 12.3 Å². The summed E-state index contributed by atoms with van der Waals surface area (Å²) in [6.07, 6.45) is 16.6. The number of ether oxygens (including phenoxy) is 2. The predicted octanol–water partition coefficient (Wildman–Crippen LogP) is 5.83. The summed E-state index contributed by atoms with van der Waals surface area (Å²) in [5.41, 5.74) is -1.00. The molecule has 0 N–H and O–H groups in total. The van der Waals surface area contributed by atoms with Gasteiger partial charge in [0.25, 0.3) is 0 Å². The maximum atomic E-state index is 13.3. The molecule has 0 aromatic heterocycles. The third-order valence-corrected chi connectivity index (χ3v) is 8.55. The minimum atomic E-state index is -0.744. The lowest BCUT2D eigenvalue weighted by molar-refractivity contribution is -0.161. The quantitative estimate of drug-likeness (QED) is 0.516. The van der Waals surface area contributed by atoms with Crippen LogP contribution in [0.5, 0.6) is 0 Å². The maximum Gasteiger partial charge on any atom is 0.414 e. The molecule has 172 valence electrons. The van der Waals surface area contributed by atoms with Crippen molar-refractivity contribution >= 4 is 12.1 Å². The molecule has 0 unspecified atom stereocenters. The zero-order chi connectivity index (χ0) is 21.6. The summed E-state index contributed by atoms with van der Waals surface area (Å²) in [6.45, 7) is 4.60. The topological polar surface area (TPSA) is 55.8 Å². The normalized spacial score (nSPS) is 39.3. The zero-order valence-electron chi connectivity index (χ0n) is 19.3. The van der Waals surface area contributed by atoms with Crippen molar-refractivity contribution in [1.29, 1.82) is 0 Å². The highest BCUT2D eigenvalue weighted by Crippen LogP contribution is 2.57. The smallest absolute Gasteiger partial charge is 0.414 e. The van der Waals surface area contributed by atoms with E-state index in [4.69, 9.17) is 9.47 Å². The lowest BCUT2D eigenvalue weighted by Gasteiger charge is -2.55. The summed E-state index contributed by atoms with van der Waals surface area (Å²) in [7, 11) is 0. The van der Waals surface area contributed by atoms with Gasteiger partial charge in [0.1, 0.15) is 17.1 Å². The van der Waals surface area contributed by atoms with Crippen LogP contribution in [-0.4, -0.2) is 35.2 Å². The lowest BCUT2D eigenvalue weighted by atomic mass is 9.54. The van der Waals surface area contributed by atoms with Gasteiger partial charge in [-0.25, -0.2) is 4.79 Å². The third kappa shape index (κ3) is 4.26. The van der Waals surface area contributed by atoms with Crippen LogP contribution >= 0.6 is 0 Å². The van der Waals surface area contributed by atoms with Crippen molar-refractivity contribution < 1.29 is 19.1 Å². The average molecular weight is 430 g/mol. The van der Waals surface area contributed by atoms with Crippen molar-refractivity contribution in [1.82, 2.24) is 4.90 Å². The monoisotopic (exact) mass is 429 g/mol. The van der Waals surface area contributed by atoms with Crippen molar-refractivity contribution in [2.24, 2.45) is 29.1 Å².